The van der Waals surface area contributed by atoms with Crippen LogP contribution in [0.15, 0.2) is 0 Å². The van der Waals surface area contributed by atoms with E-state index in [9.17, 15) is 4.79 Å². The Hall–Kier alpha value is -0.610. The zero-order chi connectivity index (χ0) is 12.2. The van der Waals surface area contributed by atoms with Gasteiger partial charge in [-0.25, -0.2) is 0 Å². The molecule has 4 nitrogen and oxygen atoms in total. The smallest absolute Gasteiger partial charge is 0.234 e. The van der Waals surface area contributed by atoms with Crippen molar-refractivity contribution in [2.45, 2.75) is 39.2 Å². The average molecular weight is 228 g/mol. The van der Waals surface area contributed by atoms with Crippen molar-refractivity contribution in [3.63, 3.8) is 0 Å². The maximum Gasteiger partial charge on any atom is 0.234 e. The van der Waals surface area contributed by atoms with E-state index in [1.54, 1.807) is 0 Å². The van der Waals surface area contributed by atoms with Gasteiger partial charge in [-0.15, -0.1) is 0 Å². The maximum atomic E-state index is 11.6. The molecule has 0 aliphatic heterocycles. The van der Waals surface area contributed by atoms with E-state index >= 15 is 0 Å². The summed E-state index contributed by atoms with van der Waals surface area (Å²) in [7, 11) is 2.00. The van der Waals surface area contributed by atoms with E-state index in [1.807, 2.05) is 20.9 Å². The van der Waals surface area contributed by atoms with Crippen molar-refractivity contribution < 1.29 is 9.90 Å². The van der Waals surface area contributed by atoms with Crippen molar-refractivity contribution >= 4 is 5.91 Å². The van der Waals surface area contributed by atoms with Gasteiger partial charge in [0, 0.05) is 19.2 Å². The van der Waals surface area contributed by atoms with Crippen LogP contribution in [0.1, 0.15) is 33.1 Å². The molecule has 0 aromatic rings. The highest BCUT2D eigenvalue weighted by molar-refractivity contribution is 5.78. The van der Waals surface area contributed by atoms with Crippen LogP contribution in [0, 0.1) is 5.41 Å². The lowest BCUT2D eigenvalue weighted by Gasteiger charge is -2.24. The van der Waals surface area contributed by atoms with Crippen LogP contribution < -0.4 is 5.32 Å². The van der Waals surface area contributed by atoms with Crippen molar-refractivity contribution in [3.05, 3.63) is 0 Å². The summed E-state index contributed by atoms with van der Waals surface area (Å²) < 4.78 is 0. The van der Waals surface area contributed by atoms with E-state index in [0.29, 0.717) is 25.6 Å². The Morgan fingerprint density at radius 3 is 2.62 bits per heavy atom. The lowest BCUT2D eigenvalue weighted by atomic mass is 9.90. The molecule has 94 valence electrons. The van der Waals surface area contributed by atoms with Gasteiger partial charge in [-0.3, -0.25) is 9.69 Å². The molecule has 0 heterocycles. The molecule has 0 bridgehead atoms. The minimum Gasteiger partial charge on any atom is -0.396 e. The van der Waals surface area contributed by atoms with Crippen LogP contribution in [0.3, 0.4) is 0 Å². The molecule has 0 atom stereocenters. The normalized spacial score (nSPS) is 16.6. The van der Waals surface area contributed by atoms with E-state index < -0.39 is 0 Å². The first-order valence-electron chi connectivity index (χ1n) is 6.02. The highest BCUT2D eigenvalue weighted by Crippen LogP contribution is 2.24. The summed E-state index contributed by atoms with van der Waals surface area (Å²) in [4.78, 5) is 13.7. The molecule has 4 heteroatoms. The number of rotatable bonds is 7. The zero-order valence-electron chi connectivity index (χ0n) is 10.6. The van der Waals surface area contributed by atoms with Crippen LogP contribution in [-0.4, -0.2) is 48.7 Å². The standard InChI is InChI=1S/C12H24N2O2/c1-12(2,6-7-15)9-13-11(16)8-14(3)10-4-5-10/h10,15H,4-9H2,1-3H3,(H,13,16). The van der Waals surface area contributed by atoms with E-state index in [4.69, 9.17) is 5.11 Å². The number of carbonyl (C=O) groups is 1. The van der Waals surface area contributed by atoms with Crippen LogP contribution >= 0.6 is 0 Å². The Labute approximate surface area is 98.0 Å². The van der Waals surface area contributed by atoms with Crippen LogP contribution in [0.5, 0.6) is 0 Å². The summed E-state index contributed by atoms with van der Waals surface area (Å²) in [5.74, 6) is 0.0837. The minimum absolute atomic E-state index is 0.0252. The number of likely N-dealkylation sites (N-methyl/N-ethyl adjacent to an activating group) is 1. The van der Waals surface area contributed by atoms with Crippen LogP contribution in [-0.2, 0) is 4.79 Å². The summed E-state index contributed by atoms with van der Waals surface area (Å²) in [6, 6.07) is 0.621. The number of hydrogen-bond acceptors (Lipinski definition) is 3. The number of carbonyl (C=O) groups excluding carboxylic acids is 1. The summed E-state index contributed by atoms with van der Waals surface area (Å²) in [5.41, 5.74) is -0.0252. The Morgan fingerprint density at radius 2 is 2.12 bits per heavy atom. The van der Waals surface area contributed by atoms with Gasteiger partial charge < -0.3 is 10.4 Å². The summed E-state index contributed by atoms with van der Waals surface area (Å²) >= 11 is 0. The fourth-order valence-electron chi connectivity index (χ4n) is 1.66. The number of nitrogens with zero attached hydrogens (tertiary/aromatic N) is 1. The summed E-state index contributed by atoms with van der Waals surface area (Å²) in [5, 5.41) is 11.8. The molecular formula is C12H24N2O2. The molecule has 0 aromatic heterocycles. The quantitative estimate of drug-likeness (QED) is 0.671. The molecule has 1 amide bonds. The first-order chi connectivity index (χ1) is 7.44. The molecule has 1 rings (SSSR count). The van der Waals surface area contributed by atoms with Crippen molar-refractivity contribution in [1.82, 2.24) is 10.2 Å². The van der Waals surface area contributed by atoms with Gasteiger partial charge in [0.05, 0.1) is 6.54 Å². The van der Waals surface area contributed by atoms with Gasteiger partial charge in [-0.05, 0) is 31.7 Å². The lowest BCUT2D eigenvalue weighted by Crippen LogP contribution is -2.40. The second-order valence-electron chi connectivity index (χ2n) is 5.56. The highest BCUT2D eigenvalue weighted by Gasteiger charge is 2.27. The van der Waals surface area contributed by atoms with Crippen LogP contribution in [0.4, 0.5) is 0 Å². The molecule has 0 saturated heterocycles. The predicted octanol–water partition coefficient (Wildman–Crippen LogP) is 0.605. The van der Waals surface area contributed by atoms with Gasteiger partial charge in [0.2, 0.25) is 5.91 Å². The topological polar surface area (TPSA) is 52.6 Å². The van der Waals surface area contributed by atoms with Crippen molar-refractivity contribution in [2.24, 2.45) is 5.41 Å². The number of aliphatic hydroxyl groups is 1. The van der Waals surface area contributed by atoms with E-state index in [0.717, 1.165) is 0 Å². The Balaban J connectivity index is 2.18. The molecule has 1 fully saturated rings. The Morgan fingerprint density at radius 1 is 1.50 bits per heavy atom. The minimum atomic E-state index is -0.0252. The van der Waals surface area contributed by atoms with Crippen molar-refractivity contribution in [3.8, 4) is 0 Å². The molecule has 0 spiro atoms. The molecule has 1 aliphatic rings. The fourth-order valence-corrected chi connectivity index (χ4v) is 1.66. The van der Waals surface area contributed by atoms with Crippen molar-refractivity contribution in [2.75, 3.05) is 26.7 Å². The van der Waals surface area contributed by atoms with E-state index in [1.165, 1.54) is 12.8 Å². The van der Waals surface area contributed by atoms with Gasteiger partial charge in [0.1, 0.15) is 0 Å². The first-order valence-corrected chi connectivity index (χ1v) is 6.02. The number of amides is 1. The lowest BCUT2D eigenvalue weighted by molar-refractivity contribution is -0.122. The third kappa shape index (κ3) is 4.94. The summed E-state index contributed by atoms with van der Waals surface area (Å²) in [6.07, 6.45) is 3.16. The molecule has 0 unspecified atom stereocenters. The molecule has 1 aliphatic carbocycles. The molecule has 16 heavy (non-hydrogen) atoms. The van der Waals surface area contributed by atoms with Gasteiger partial charge >= 0.3 is 0 Å². The van der Waals surface area contributed by atoms with E-state index in [2.05, 4.69) is 10.2 Å². The monoisotopic (exact) mass is 228 g/mol. The third-order valence-electron chi connectivity index (χ3n) is 3.12. The molecule has 0 aromatic carbocycles. The Kier molecular flexibility index (Phi) is 4.74. The highest BCUT2D eigenvalue weighted by atomic mass is 16.3. The van der Waals surface area contributed by atoms with Crippen LogP contribution in [0.25, 0.3) is 0 Å². The number of nitrogens with one attached hydrogen (secondary N) is 1. The SMILES string of the molecule is CN(CC(=O)NCC(C)(C)CCO)C1CC1. The van der Waals surface area contributed by atoms with Gasteiger partial charge in [0.15, 0.2) is 0 Å². The van der Waals surface area contributed by atoms with E-state index in [-0.39, 0.29) is 17.9 Å². The van der Waals surface area contributed by atoms with Crippen molar-refractivity contribution in [1.29, 1.82) is 0 Å². The first kappa shape index (κ1) is 13.5. The zero-order valence-corrected chi connectivity index (χ0v) is 10.6. The number of hydrogen-bond donors (Lipinski definition) is 2. The molecule has 0 radical (unpaired) electrons. The third-order valence-corrected chi connectivity index (χ3v) is 3.12. The molecule has 2 N–H and O–H groups in total. The average Bonchev–Trinajstić information content (AvgIpc) is 2.98. The summed E-state index contributed by atoms with van der Waals surface area (Å²) in [6.45, 7) is 5.39. The fraction of sp³-hybridized carbons (Fsp3) is 0.917. The molecule has 1 saturated carbocycles. The van der Waals surface area contributed by atoms with Gasteiger partial charge in [-0.1, -0.05) is 13.8 Å². The second-order valence-corrected chi connectivity index (χ2v) is 5.56. The number of aliphatic hydroxyl groups excluding tert-OH is 1. The molecular weight excluding hydrogens is 204 g/mol. The predicted molar refractivity (Wildman–Crippen MR) is 64.1 cm³/mol. The maximum absolute atomic E-state index is 11.6. The van der Waals surface area contributed by atoms with Crippen LogP contribution in [0.2, 0.25) is 0 Å². The largest absolute Gasteiger partial charge is 0.396 e. The van der Waals surface area contributed by atoms with Gasteiger partial charge in [-0.2, -0.15) is 0 Å². The van der Waals surface area contributed by atoms with Gasteiger partial charge in [0.25, 0.3) is 0 Å². The Bertz CT molecular complexity index is 237. The second kappa shape index (κ2) is 5.64.